The lowest BCUT2D eigenvalue weighted by molar-refractivity contribution is 0.818. The maximum Gasteiger partial charge on any atom is 0.0569 e. The van der Waals surface area contributed by atoms with Gasteiger partial charge >= 0.3 is 0 Å². The van der Waals surface area contributed by atoms with E-state index in [0.29, 0.717) is 0 Å². The summed E-state index contributed by atoms with van der Waals surface area (Å²) in [5, 5.41) is 6.64. The van der Waals surface area contributed by atoms with Gasteiger partial charge in [-0.2, -0.15) is 0 Å². The SMILES string of the molecule is CNCc1ccc2c(ccn2Cc2cccs2)c1. The number of nitrogens with one attached hydrogen (secondary N) is 1. The van der Waals surface area contributed by atoms with Crippen LogP contribution in [0.2, 0.25) is 0 Å². The van der Waals surface area contributed by atoms with Crippen LogP contribution in [0.25, 0.3) is 10.9 Å². The second kappa shape index (κ2) is 4.96. The van der Waals surface area contributed by atoms with Crippen molar-refractivity contribution in [1.82, 2.24) is 9.88 Å². The van der Waals surface area contributed by atoms with Gasteiger partial charge < -0.3 is 9.88 Å². The van der Waals surface area contributed by atoms with Crippen molar-refractivity contribution >= 4 is 22.2 Å². The van der Waals surface area contributed by atoms with Gasteiger partial charge in [0.2, 0.25) is 0 Å². The fourth-order valence-electron chi connectivity index (χ4n) is 2.27. The molecule has 2 heterocycles. The van der Waals surface area contributed by atoms with Crippen LogP contribution < -0.4 is 5.32 Å². The van der Waals surface area contributed by atoms with Gasteiger partial charge in [-0.15, -0.1) is 11.3 Å². The van der Waals surface area contributed by atoms with Crippen LogP contribution in [0.15, 0.2) is 48.0 Å². The highest BCUT2D eigenvalue weighted by molar-refractivity contribution is 7.09. The Hall–Kier alpha value is -1.58. The molecule has 0 saturated heterocycles. The fourth-order valence-corrected chi connectivity index (χ4v) is 2.97. The zero-order valence-electron chi connectivity index (χ0n) is 10.4. The normalized spacial score (nSPS) is 11.2. The Morgan fingerprint density at radius 1 is 1.22 bits per heavy atom. The number of aromatic nitrogens is 1. The Bertz CT molecular complexity index is 638. The van der Waals surface area contributed by atoms with Crippen LogP contribution in [0.1, 0.15) is 10.4 Å². The minimum absolute atomic E-state index is 0.923. The lowest BCUT2D eigenvalue weighted by atomic mass is 10.1. The topological polar surface area (TPSA) is 17.0 Å². The Morgan fingerprint density at radius 3 is 2.94 bits per heavy atom. The number of hydrogen-bond acceptors (Lipinski definition) is 2. The molecule has 2 aromatic heterocycles. The van der Waals surface area contributed by atoms with Crippen molar-refractivity contribution in [1.29, 1.82) is 0 Å². The second-order valence-corrected chi connectivity index (χ2v) is 5.48. The molecule has 0 aliphatic rings. The highest BCUT2D eigenvalue weighted by Gasteiger charge is 2.03. The molecule has 0 aliphatic carbocycles. The summed E-state index contributed by atoms with van der Waals surface area (Å²) in [5.41, 5.74) is 2.64. The van der Waals surface area contributed by atoms with E-state index in [1.54, 1.807) is 0 Å². The van der Waals surface area contributed by atoms with Crippen molar-refractivity contribution < 1.29 is 0 Å². The molecule has 2 nitrogen and oxygen atoms in total. The molecule has 0 fully saturated rings. The first-order valence-electron chi connectivity index (χ1n) is 6.11. The summed E-state index contributed by atoms with van der Waals surface area (Å²) in [5.74, 6) is 0. The van der Waals surface area contributed by atoms with Gasteiger partial charge in [0.05, 0.1) is 6.54 Å². The van der Waals surface area contributed by atoms with Crippen molar-refractivity contribution in [3.05, 3.63) is 58.4 Å². The van der Waals surface area contributed by atoms with Gasteiger partial charge in [-0.25, -0.2) is 0 Å². The minimum Gasteiger partial charge on any atom is -0.342 e. The average Bonchev–Trinajstić information content (AvgIpc) is 3.00. The van der Waals surface area contributed by atoms with E-state index >= 15 is 0 Å². The molecule has 3 aromatic rings. The maximum atomic E-state index is 3.19. The summed E-state index contributed by atoms with van der Waals surface area (Å²) >= 11 is 1.81. The van der Waals surface area contributed by atoms with Gasteiger partial charge in [-0.3, -0.25) is 0 Å². The van der Waals surface area contributed by atoms with Crippen LogP contribution in [0.5, 0.6) is 0 Å². The molecule has 0 atom stereocenters. The number of benzene rings is 1. The Labute approximate surface area is 111 Å². The molecule has 0 saturated carbocycles. The Kier molecular flexibility index (Phi) is 3.17. The van der Waals surface area contributed by atoms with Crippen LogP contribution >= 0.6 is 11.3 Å². The molecule has 1 N–H and O–H groups in total. The van der Waals surface area contributed by atoms with Crippen LogP contribution in [-0.4, -0.2) is 11.6 Å². The van der Waals surface area contributed by atoms with Gasteiger partial charge in [0.25, 0.3) is 0 Å². The summed E-state index contributed by atoms with van der Waals surface area (Å²) in [6.07, 6.45) is 2.17. The van der Waals surface area contributed by atoms with Crippen molar-refractivity contribution in [2.45, 2.75) is 13.1 Å². The molecular weight excluding hydrogens is 240 g/mol. The first kappa shape index (κ1) is 11.5. The number of hydrogen-bond donors (Lipinski definition) is 1. The van der Waals surface area contributed by atoms with E-state index in [1.165, 1.54) is 21.3 Å². The summed E-state index contributed by atoms with van der Waals surface area (Å²) < 4.78 is 2.31. The van der Waals surface area contributed by atoms with Crippen LogP contribution in [-0.2, 0) is 13.1 Å². The lowest BCUT2D eigenvalue weighted by Crippen LogP contribution is -2.04. The molecule has 0 amide bonds. The summed E-state index contributed by atoms with van der Waals surface area (Å²) in [6, 6.07) is 13.2. The summed E-state index contributed by atoms with van der Waals surface area (Å²) in [6.45, 7) is 1.89. The fraction of sp³-hybridized carbons (Fsp3) is 0.200. The van der Waals surface area contributed by atoms with Crippen molar-refractivity contribution in [2.75, 3.05) is 7.05 Å². The van der Waals surface area contributed by atoms with Gasteiger partial charge in [0.1, 0.15) is 0 Å². The first-order valence-corrected chi connectivity index (χ1v) is 6.99. The average molecular weight is 256 g/mol. The van der Waals surface area contributed by atoms with Gasteiger partial charge in [-0.05, 0) is 47.6 Å². The first-order chi connectivity index (χ1) is 8.86. The number of nitrogens with zero attached hydrogens (tertiary/aromatic N) is 1. The molecule has 0 bridgehead atoms. The third-order valence-electron chi connectivity index (χ3n) is 3.12. The lowest BCUT2D eigenvalue weighted by Gasteiger charge is -2.05. The van der Waals surface area contributed by atoms with E-state index < -0.39 is 0 Å². The standard InChI is InChI=1S/C15H16N2S/c1-16-10-12-4-5-15-13(9-12)6-7-17(15)11-14-3-2-8-18-14/h2-9,16H,10-11H2,1H3. The zero-order chi connectivity index (χ0) is 12.4. The Morgan fingerprint density at radius 2 is 2.17 bits per heavy atom. The maximum absolute atomic E-state index is 3.19. The smallest absolute Gasteiger partial charge is 0.0569 e. The van der Waals surface area contributed by atoms with Crippen molar-refractivity contribution in [3.8, 4) is 0 Å². The van der Waals surface area contributed by atoms with Gasteiger partial charge in [0.15, 0.2) is 0 Å². The molecule has 3 heteroatoms. The van der Waals surface area contributed by atoms with Gasteiger partial charge in [-0.1, -0.05) is 12.1 Å². The largest absolute Gasteiger partial charge is 0.342 e. The monoisotopic (exact) mass is 256 g/mol. The van der Waals surface area contributed by atoms with Gasteiger partial charge in [0, 0.05) is 23.1 Å². The third kappa shape index (κ3) is 2.19. The molecule has 3 rings (SSSR count). The van der Waals surface area contributed by atoms with E-state index in [1.807, 2.05) is 18.4 Å². The molecule has 0 spiro atoms. The third-order valence-corrected chi connectivity index (χ3v) is 3.98. The molecular formula is C15H16N2S. The van der Waals surface area contributed by atoms with Crippen LogP contribution in [0.4, 0.5) is 0 Å². The van der Waals surface area contributed by atoms with E-state index in [0.717, 1.165) is 13.1 Å². The van der Waals surface area contributed by atoms with Crippen molar-refractivity contribution in [2.24, 2.45) is 0 Å². The Balaban J connectivity index is 1.94. The van der Waals surface area contributed by atoms with E-state index in [4.69, 9.17) is 0 Å². The summed E-state index contributed by atoms with van der Waals surface area (Å²) in [7, 11) is 1.98. The summed E-state index contributed by atoms with van der Waals surface area (Å²) in [4.78, 5) is 1.40. The molecule has 18 heavy (non-hydrogen) atoms. The van der Waals surface area contributed by atoms with E-state index in [-0.39, 0.29) is 0 Å². The quantitative estimate of drug-likeness (QED) is 0.756. The highest BCUT2D eigenvalue weighted by atomic mass is 32.1. The molecule has 0 radical (unpaired) electrons. The number of fused-ring (bicyclic) bond motifs is 1. The van der Waals surface area contributed by atoms with Crippen LogP contribution in [0, 0.1) is 0 Å². The molecule has 0 unspecified atom stereocenters. The second-order valence-electron chi connectivity index (χ2n) is 4.45. The molecule has 92 valence electrons. The number of rotatable bonds is 4. The van der Waals surface area contributed by atoms with Crippen molar-refractivity contribution in [3.63, 3.8) is 0 Å². The number of thiophene rings is 1. The molecule has 0 aliphatic heterocycles. The highest BCUT2D eigenvalue weighted by Crippen LogP contribution is 2.20. The molecule has 1 aromatic carbocycles. The predicted molar refractivity (Wildman–Crippen MR) is 78.1 cm³/mol. The minimum atomic E-state index is 0.923. The predicted octanol–water partition coefficient (Wildman–Crippen LogP) is 3.47. The van der Waals surface area contributed by atoms with E-state index in [9.17, 15) is 0 Å². The van der Waals surface area contributed by atoms with E-state index in [2.05, 4.69) is 57.9 Å². The zero-order valence-corrected chi connectivity index (χ0v) is 11.2. The van der Waals surface area contributed by atoms with Crippen LogP contribution in [0.3, 0.4) is 0 Å².